The van der Waals surface area contributed by atoms with E-state index in [0.29, 0.717) is 42.2 Å². The lowest BCUT2D eigenvalue weighted by Crippen LogP contribution is -3.00. The van der Waals surface area contributed by atoms with Crippen molar-refractivity contribution in [1.29, 1.82) is 0 Å². The van der Waals surface area contributed by atoms with Gasteiger partial charge >= 0.3 is 5.63 Å². The fourth-order valence-electron chi connectivity index (χ4n) is 3.77. The topological polar surface area (TPSA) is 85.6 Å². The average molecular weight is 547 g/mol. The molecule has 0 spiro atoms. The molecule has 5 rings (SSSR count). The Hall–Kier alpha value is -4.17. The van der Waals surface area contributed by atoms with Crippen LogP contribution in [-0.4, -0.2) is 12.5 Å². The first-order valence-electron chi connectivity index (χ1n) is 11.3. The number of rotatable bonds is 8. The van der Waals surface area contributed by atoms with Crippen LogP contribution in [0.15, 0.2) is 105 Å². The van der Waals surface area contributed by atoms with E-state index in [1.807, 2.05) is 71.6 Å². The maximum Gasteiger partial charge on any atom is 0.336 e. The Kier molecular flexibility index (Phi) is 7.97. The number of carbonyl (C=O) groups excluding carboxylic acids is 1. The van der Waals surface area contributed by atoms with Crippen LogP contribution in [0.5, 0.6) is 5.75 Å². The Balaban J connectivity index is 0.00000304. The number of nitrogens with one attached hydrogen (secondary N) is 1. The smallest absolute Gasteiger partial charge is 0.336 e. The predicted octanol–water partition coefficient (Wildman–Crippen LogP) is 1.95. The summed E-state index contributed by atoms with van der Waals surface area (Å²) in [6.45, 7) is 1.11. The number of hydrogen-bond acceptors (Lipinski definition) is 5. The van der Waals surface area contributed by atoms with Crippen molar-refractivity contribution in [3.63, 3.8) is 0 Å². The molecule has 0 aliphatic carbocycles. The summed E-state index contributed by atoms with van der Waals surface area (Å²) in [5.74, 6) is 0.248. The average Bonchev–Trinajstić information content (AvgIpc) is 3.35. The van der Waals surface area contributed by atoms with Crippen molar-refractivity contribution in [3.8, 4) is 5.75 Å². The zero-order chi connectivity index (χ0) is 24.0. The zero-order valence-electron chi connectivity index (χ0n) is 19.2. The molecular weight excluding hydrogens is 524 g/mol. The summed E-state index contributed by atoms with van der Waals surface area (Å²) in [5.41, 5.74) is 2.18. The second-order valence-electron chi connectivity index (χ2n) is 7.98. The Labute approximate surface area is 217 Å². The minimum absolute atomic E-state index is 0. The second-order valence-corrected chi connectivity index (χ2v) is 7.98. The first-order chi connectivity index (χ1) is 17.2. The number of halogens is 1. The first-order valence-corrected chi connectivity index (χ1v) is 11.3. The minimum atomic E-state index is -0.438. The van der Waals surface area contributed by atoms with Crippen LogP contribution in [-0.2, 0) is 11.3 Å². The Morgan fingerprint density at radius 2 is 1.75 bits per heavy atom. The van der Waals surface area contributed by atoms with Crippen LogP contribution in [0.2, 0.25) is 0 Å². The highest BCUT2D eigenvalue weighted by Gasteiger charge is 2.15. The van der Waals surface area contributed by atoms with Gasteiger partial charge in [0.05, 0.1) is 18.6 Å². The Bertz CT molecular complexity index is 1560. The van der Waals surface area contributed by atoms with E-state index in [0.717, 1.165) is 16.3 Å². The molecule has 0 radical (unpaired) electrons. The largest absolute Gasteiger partial charge is 1.00 e. The minimum Gasteiger partial charge on any atom is -1.00 e. The molecule has 0 bridgehead atoms. The van der Waals surface area contributed by atoms with E-state index in [-0.39, 0.29) is 22.9 Å². The van der Waals surface area contributed by atoms with E-state index in [1.54, 1.807) is 18.4 Å². The molecule has 3 aromatic heterocycles. The Morgan fingerprint density at radius 1 is 0.972 bits per heavy atom. The van der Waals surface area contributed by atoms with Crippen molar-refractivity contribution < 1.29 is 39.9 Å². The van der Waals surface area contributed by atoms with E-state index >= 15 is 0 Å². The molecule has 0 aliphatic rings. The van der Waals surface area contributed by atoms with Gasteiger partial charge in [0.1, 0.15) is 0 Å². The summed E-state index contributed by atoms with van der Waals surface area (Å²) in [6, 6.07) is 20.2. The molecule has 36 heavy (non-hydrogen) atoms. The quantitative estimate of drug-likeness (QED) is 0.139. The number of carbonyl (C=O) groups is 1. The first kappa shape index (κ1) is 24.9. The molecule has 0 saturated heterocycles. The summed E-state index contributed by atoms with van der Waals surface area (Å²) >= 11 is 0. The Morgan fingerprint density at radius 3 is 2.56 bits per heavy atom. The summed E-state index contributed by atoms with van der Waals surface area (Å²) < 4.78 is 19.0. The highest BCUT2D eigenvalue weighted by molar-refractivity contribution is 6.02. The van der Waals surface area contributed by atoms with E-state index in [4.69, 9.17) is 13.6 Å². The third-order valence-corrected chi connectivity index (χ3v) is 5.48. The van der Waals surface area contributed by atoms with E-state index in [9.17, 15) is 9.59 Å². The van der Waals surface area contributed by atoms with Gasteiger partial charge in [0.2, 0.25) is 11.7 Å². The van der Waals surface area contributed by atoms with Gasteiger partial charge < -0.3 is 35.9 Å². The van der Waals surface area contributed by atoms with Crippen LogP contribution in [0.4, 0.5) is 5.69 Å². The van der Waals surface area contributed by atoms with Gasteiger partial charge in [-0.25, -0.2) is 9.36 Å². The molecule has 5 aromatic rings. The third kappa shape index (κ3) is 5.90. The predicted molar refractivity (Wildman–Crippen MR) is 133 cm³/mol. The van der Waals surface area contributed by atoms with E-state index < -0.39 is 5.63 Å². The number of anilines is 1. The standard InChI is InChI=1S/C28H22N2O5.BrH/c31-24(9-7-20-5-2-1-3-6-20)29-23-11-15-30(16-12-23)14-4-17-33-28-26-22(13-18-34-26)19-21-8-10-25(32)35-27(21)28;/h1-3,5-13,15-16,18-19H,4,14,17H2;1H/b9-7+;. The molecular formula is C28H23BrN2O5. The molecule has 2 aromatic carbocycles. The fraction of sp³-hybridized carbons (Fsp3) is 0.107. The number of nitrogens with zero attached hydrogens (tertiary/aromatic N) is 1. The number of ether oxygens (including phenoxy) is 1. The lowest BCUT2D eigenvalue weighted by molar-refractivity contribution is -0.697. The van der Waals surface area contributed by atoms with Gasteiger partial charge in [-0.1, -0.05) is 30.3 Å². The highest BCUT2D eigenvalue weighted by Crippen LogP contribution is 2.34. The SMILES string of the molecule is O=C(/C=C/c1ccccc1)Nc1cc[n+](CCCOc2c3occc3cc3ccc(=O)oc23)cc1.[Br-]. The number of fused-ring (bicyclic) bond motifs is 2. The molecule has 3 heterocycles. The number of pyridine rings is 1. The van der Waals surface area contributed by atoms with Crippen LogP contribution < -0.4 is 37.2 Å². The molecule has 1 N–H and O–H groups in total. The number of hydrogen-bond donors (Lipinski definition) is 1. The van der Waals surface area contributed by atoms with Crippen LogP contribution >= 0.6 is 0 Å². The summed E-state index contributed by atoms with van der Waals surface area (Å²) in [6.07, 6.45) is 9.39. The van der Waals surface area contributed by atoms with Gasteiger partial charge in [0, 0.05) is 41.5 Å². The normalized spacial score (nSPS) is 11.0. The second kappa shape index (κ2) is 11.5. The molecule has 0 aliphatic heterocycles. The molecule has 0 saturated carbocycles. The monoisotopic (exact) mass is 546 g/mol. The van der Waals surface area contributed by atoms with E-state index in [1.165, 1.54) is 12.1 Å². The maximum absolute atomic E-state index is 12.1. The molecule has 1 amide bonds. The lowest BCUT2D eigenvalue weighted by atomic mass is 10.1. The maximum atomic E-state index is 12.1. The zero-order valence-corrected chi connectivity index (χ0v) is 20.8. The molecule has 7 nitrogen and oxygen atoms in total. The highest BCUT2D eigenvalue weighted by atomic mass is 79.9. The molecule has 8 heteroatoms. The van der Waals surface area contributed by atoms with Crippen LogP contribution in [0.3, 0.4) is 0 Å². The molecule has 0 unspecified atom stereocenters. The van der Waals surface area contributed by atoms with Crippen molar-refractivity contribution in [2.75, 3.05) is 11.9 Å². The summed E-state index contributed by atoms with van der Waals surface area (Å²) in [5, 5.41) is 4.51. The van der Waals surface area contributed by atoms with Gasteiger partial charge in [-0.3, -0.25) is 4.79 Å². The number of aromatic nitrogens is 1. The van der Waals surface area contributed by atoms with Gasteiger partial charge in [-0.05, 0) is 29.8 Å². The summed E-state index contributed by atoms with van der Waals surface area (Å²) in [7, 11) is 0. The van der Waals surface area contributed by atoms with Gasteiger partial charge in [-0.2, -0.15) is 0 Å². The third-order valence-electron chi connectivity index (χ3n) is 5.48. The van der Waals surface area contributed by atoms with Crippen molar-refractivity contribution in [1.82, 2.24) is 0 Å². The molecule has 0 fully saturated rings. The molecule has 0 atom stereocenters. The van der Waals surface area contributed by atoms with Gasteiger partial charge in [-0.15, -0.1) is 0 Å². The van der Waals surface area contributed by atoms with Crippen molar-refractivity contribution in [3.05, 3.63) is 107 Å². The van der Waals surface area contributed by atoms with Gasteiger partial charge in [0.25, 0.3) is 0 Å². The number of furan rings is 1. The number of aryl methyl sites for hydroxylation is 1. The van der Waals surface area contributed by atoms with Crippen molar-refractivity contribution >= 4 is 39.6 Å². The van der Waals surface area contributed by atoms with Crippen LogP contribution in [0, 0.1) is 0 Å². The van der Waals surface area contributed by atoms with Crippen molar-refractivity contribution in [2.45, 2.75) is 13.0 Å². The number of benzene rings is 2. The summed E-state index contributed by atoms with van der Waals surface area (Å²) in [4.78, 5) is 23.9. The number of amides is 1. The molecule has 182 valence electrons. The van der Waals surface area contributed by atoms with Crippen LogP contribution in [0.1, 0.15) is 12.0 Å². The van der Waals surface area contributed by atoms with Gasteiger partial charge in [0.15, 0.2) is 30.1 Å². The fourth-order valence-corrected chi connectivity index (χ4v) is 3.77. The van der Waals surface area contributed by atoms with E-state index in [2.05, 4.69) is 5.32 Å². The van der Waals surface area contributed by atoms with Crippen LogP contribution in [0.25, 0.3) is 28.0 Å². The lowest BCUT2D eigenvalue weighted by Gasteiger charge is -2.08. The van der Waals surface area contributed by atoms with Crippen molar-refractivity contribution in [2.24, 2.45) is 0 Å².